The minimum absolute atomic E-state index is 0.504. The van der Waals surface area contributed by atoms with Gasteiger partial charge in [-0.15, -0.1) is 0 Å². The molecule has 3 heteroatoms. The van der Waals surface area contributed by atoms with Crippen LogP contribution in [0.5, 0.6) is 0 Å². The predicted molar refractivity (Wildman–Crippen MR) is 42.9 cm³/mol. The highest BCUT2D eigenvalue weighted by Gasteiger charge is 2.21. The van der Waals surface area contributed by atoms with Gasteiger partial charge in [0.25, 0.3) is 0 Å². The maximum absolute atomic E-state index is 5.40. The van der Waals surface area contributed by atoms with Gasteiger partial charge in [0.15, 0.2) is 0 Å². The topological polar surface area (TPSA) is 51.8 Å². The van der Waals surface area contributed by atoms with E-state index in [1.165, 1.54) is 12.8 Å². The summed E-state index contributed by atoms with van der Waals surface area (Å²) in [5.74, 6) is 1.37. The molecule has 2 N–H and O–H groups in total. The number of aromatic nitrogens is 2. The van der Waals surface area contributed by atoms with Gasteiger partial charge in [-0.1, -0.05) is 0 Å². The molecule has 58 valence electrons. The van der Waals surface area contributed by atoms with Crippen LogP contribution in [-0.4, -0.2) is 9.97 Å². The van der Waals surface area contributed by atoms with Crippen molar-refractivity contribution in [1.82, 2.24) is 9.97 Å². The lowest BCUT2D eigenvalue weighted by Gasteiger charge is -1.96. The normalized spacial score (nSPS) is 16.7. The molecule has 2 rings (SSSR count). The molecule has 0 amide bonds. The Bertz CT molecular complexity index is 238. The third kappa shape index (κ3) is 1.67. The summed E-state index contributed by atoms with van der Waals surface area (Å²) < 4.78 is 0. The van der Waals surface area contributed by atoms with Crippen LogP contribution in [0.15, 0.2) is 12.4 Å². The quantitative estimate of drug-likeness (QED) is 0.682. The Hall–Kier alpha value is -1.12. The summed E-state index contributed by atoms with van der Waals surface area (Å²) in [6, 6.07) is 0. The smallest absolute Gasteiger partial charge is 0.141 e. The predicted octanol–water partition coefficient (Wildman–Crippen LogP) is 1.01. The lowest BCUT2D eigenvalue weighted by atomic mass is 10.2. The molecule has 1 aliphatic rings. The Morgan fingerprint density at radius 3 is 2.73 bits per heavy atom. The maximum Gasteiger partial charge on any atom is 0.141 e. The molecular weight excluding hydrogens is 138 g/mol. The summed E-state index contributed by atoms with van der Waals surface area (Å²) in [4.78, 5) is 8.15. The molecule has 0 radical (unpaired) electrons. The fourth-order valence-electron chi connectivity index (χ4n) is 1.09. The minimum atomic E-state index is 0.504. The molecule has 1 aliphatic carbocycles. The van der Waals surface area contributed by atoms with E-state index >= 15 is 0 Å². The fraction of sp³-hybridized carbons (Fsp3) is 0.500. The standard InChI is InChI=1S/C8H11N3/c9-8-5-10-7(4-11-8)3-6-1-2-6/h4-6H,1-3H2,(H2,9,11). The molecule has 0 saturated heterocycles. The number of hydrogen-bond acceptors (Lipinski definition) is 3. The molecule has 11 heavy (non-hydrogen) atoms. The van der Waals surface area contributed by atoms with E-state index in [0.29, 0.717) is 5.82 Å². The van der Waals surface area contributed by atoms with Gasteiger partial charge in [0.1, 0.15) is 5.82 Å². The molecule has 1 heterocycles. The number of nitrogen functional groups attached to an aromatic ring is 1. The number of nitrogens with two attached hydrogens (primary N) is 1. The zero-order chi connectivity index (χ0) is 7.68. The Kier molecular flexibility index (Phi) is 1.49. The molecule has 0 atom stereocenters. The highest BCUT2D eigenvalue weighted by atomic mass is 14.9. The molecule has 1 aromatic heterocycles. The van der Waals surface area contributed by atoms with Crippen molar-refractivity contribution >= 4 is 5.82 Å². The van der Waals surface area contributed by atoms with E-state index in [9.17, 15) is 0 Å². The van der Waals surface area contributed by atoms with Gasteiger partial charge in [-0.05, 0) is 25.2 Å². The van der Waals surface area contributed by atoms with E-state index in [-0.39, 0.29) is 0 Å². The van der Waals surface area contributed by atoms with Gasteiger partial charge in [0.05, 0.1) is 18.1 Å². The third-order valence-corrected chi connectivity index (χ3v) is 1.92. The molecule has 0 aromatic carbocycles. The maximum atomic E-state index is 5.40. The van der Waals surface area contributed by atoms with E-state index in [1.54, 1.807) is 12.4 Å². The summed E-state index contributed by atoms with van der Waals surface area (Å²) >= 11 is 0. The van der Waals surface area contributed by atoms with Crippen molar-refractivity contribution in [3.63, 3.8) is 0 Å². The van der Waals surface area contributed by atoms with E-state index < -0.39 is 0 Å². The lowest BCUT2D eigenvalue weighted by Crippen LogP contribution is -1.96. The molecule has 0 spiro atoms. The van der Waals surface area contributed by atoms with Gasteiger partial charge >= 0.3 is 0 Å². The van der Waals surface area contributed by atoms with Crippen LogP contribution < -0.4 is 5.73 Å². The van der Waals surface area contributed by atoms with Crippen molar-refractivity contribution in [1.29, 1.82) is 0 Å². The van der Waals surface area contributed by atoms with Gasteiger partial charge in [-0.2, -0.15) is 0 Å². The van der Waals surface area contributed by atoms with Crippen molar-refractivity contribution in [2.45, 2.75) is 19.3 Å². The van der Waals surface area contributed by atoms with Gasteiger partial charge in [0.2, 0.25) is 0 Å². The molecule has 1 aromatic rings. The van der Waals surface area contributed by atoms with Crippen LogP contribution in [0.2, 0.25) is 0 Å². The van der Waals surface area contributed by atoms with Crippen molar-refractivity contribution in [3.8, 4) is 0 Å². The second-order valence-corrected chi connectivity index (χ2v) is 3.08. The van der Waals surface area contributed by atoms with Crippen LogP contribution in [0.4, 0.5) is 5.82 Å². The summed E-state index contributed by atoms with van der Waals surface area (Å²) in [6.07, 6.45) is 7.18. The van der Waals surface area contributed by atoms with Gasteiger partial charge in [-0.3, -0.25) is 4.98 Å². The molecule has 3 nitrogen and oxygen atoms in total. The Morgan fingerprint density at radius 2 is 2.18 bits per heavy atom. The Labute approximate surface area is 65.7 Å². The van der Waals surface area contributed by atoms with Crippen LogP contribution in [-0.2, 0) is 6.42 Å². The summed E-state index contributed by atoms with van der Waals surface area (Å²) in [5, 5.41) is 0. The van der Waals surface area contributed by atoms with Crippen molar-refractivity contribution in [2.75, 3.05) is 5.73 Å². The number of anilines is 1. The van der Waals surface area contributed by atoms with Crippen LogP contribution in [0, 0.1) is 5.92 Å². The third-order valence-electron chi connectivity index (χ3n) is 1.92. The first-order valence-electron chi connectivity index (χ1n) is 3.91. The lowest BCUT2D eigenvalue weighted by molar-refractivity contribution is 0.798. The largest absolute Gasteiger partial charge is 0.382 e. The van der Waals surface area contributed by atoms with Crippen LogP contribution >= 0.6 is 0 Å². The first-order valence-corrected chi connectivity index (χ1v) is 3.91. The van der Waals surface area contributed by atoms with E-state index in [0.717, 1.165) is 18.0 Å². The van der Waals surface area contributed by atoms with Gasteiger partial charge in [-0.25, -0.2) is 4.98 Å². The van der Waals surface area contributed by atoms with Crippen molar-refractivity contribution in [3.05, 3.63) is 18.1 Å². The monoisotopic (exact) mass is 149 g/mol. The molecule has 1 saturated carbocycles. The summed E-state index contributed by atoms with van der Waals surface area (Å²) in [5.41, 5.74) is 6.47. The van der Waals surface area contributed by atoms with Crippen LogP contribution in [0.25, 0.3) is 0 Å². The first-order chi connectivity index (χ1) is 5.34. The van der Waals surface area contributed by atoms with E-state index in [2.05, 4.69) is 9.97 Å². The second kappa shape index (κ2) is 2.49. The second-order valence-electron chi connectivity index (χ2n) is 3.08. The number of rotatable bonds is 2. The summed E-state index contributed by atoms with van der Waals surface area (Å²) in [7, 11) is 0. The van der Waals surface area contributed by atoms with E-state index in [4.69, 9.17) is 5.73 Å². The first kappa shape index (κ1) is 6.58. The average molecular weight is 149 g/mol. The molecule has 0 bridgehead atoms. The van der Waals surface area contributed by atoms with Gasteiger partial charge in [0, 0.05) is 0 Å². The minimum Gasteiger partial charge on any atom is -0.382 e. The van der Waals surface area contributed by atoms with Crippen LogP contribution in [0.1, 0.15) is 18.5 Å². The number of hydrogen-bond donors (Lipinski definition) is 1. The van der Waals surface area contributed by atoms with Gasteiger partial charge < -0.3 is 5.73 Å². The average Bonchev–Trinajstić information content (AvgIpc) is 2.78. The van der Waals surface area contributed by atoms with Crippen molar-refractivity contribution < 1.29 is 0 Å². The van der Waals surface area contributed by atoms with E-state index in [1.807, 2.05) is 0 Å². The SMILES string of the molecule is Nc1cnc(CC2CC2)cn1. The van der Waals surface area contributed by atoms with Crippen LogP contribution in [0.3, 0.4) is 0 Å². The van der Waals surface area contributed by atoms with Crippen molar-refractivity contribution in [2.24, 2.45) is 5.92 Å². The Morgan fingerprint density at radius 1 is 1.36 bits per heavy atom. The molecule has 0 aliphatic heterocycles. The fourth-order valence-corrected chi connectivity index (χ4v) is 1.09. The summed E-state index contributed by atoms with van der Waals surface area (Å²) in [6.45, 7) is 0. The highest BCUT2D eigenvalue weighted by Crippen LogP contribution is 2.31. The zero-order valence-corrected chi connectivity index (χ0v) is 6.33. The number of nitrogens with zero attached hydrogens (tertiary/aromatic N) is 2. The molecule has 0 unspecified atom stereocenters. The molecular formula is C8H11N3. The Balaban J connectivity index is 2.06. The highest BCUT2D eigenvalue weighted by molar-refractivity contribution is 5.22. The molecule has 1 fully saturated rings. The zero-order valence-electron chi connectivity index (χ0n) is 6.33.